The van der Waals surface area contributed by atoms with Gasteiger partial charge in [-0.25, -0.2) is 4.98 Å². The Kier molecular flexibility index (Phi) is 8.09. The van der Waals surface area contributed by atoms with Gasteiger partial charge in [0.2, 0.25) is 5.91 Å². The third-order valence-electron chi connectivity index (χ3n) is 4.52. The van der Waals surface area contributed by atoms with Crippen molar-refractivity contribution in [1.82, 2.24) is 15.2 Å². The first kappa shape index (κ1) is 20.9. The zero-order valence-corrected chi connectivity index (χ0v) is 16.7. The quantitative estimate of drug-likeness (QED) is 0.749. The number of carbonyl (C=O) groups is 1. The Labute approximate surface area is 164 Å². The number of hydrogen-bond acceptors (Lipinski definition) is 6. The van der Waals surface area contributed by atoms with Gasteiger partial charge in [-0.1, -0.05) is 6.42 Å². The maximum atomic E-state index is 11.7. The molecule has 1 aliphatic rings. The number of furan rings is 1. The molecule has 2 aromatic heterocycles. The van der Waals surface area contributed by atoms with Crippen LogP contribution in [0.5, 0.6) is 0 Å². The van der Waals surface area contributed by atoms with Gasteiger partial charge in [0.25, 0.3) is 0 Å². The molecular weight excluding hydrogens is 372 g/mol. The van der Waals surface area contributed by atoms with Crippen LogP contribution in [0.4, 0.5) is 0 Å². The summed E-state index contributed by atoms with van der Waals surface area (Å²) in [5.74, 6) is 1.77. The number of carbonyl (C=O) groups excluding carboxylic acids is 1. The predicted molar refractivity (Wildman–Crippen MR) is 107 cm³/mol. The number of aryl methyl sites for hydroxylation is 1. The Hall–Kier alpha value is -1.41. The van der Waals surface area contributed by atoms with E-state index in [2.05, 4.69) is 15.2 Å². The molecule has 0 bridgehead atoms. The molecule has 6 nitrogen and oxygen atoms in total. The lowest BCUT2D eigenvalue weighted by molar-refractivity contribution is -0.121. The Morgan fingerprint density at radius 2 is 2.31 bits per heavy atom. The van der Waals surface area contributed by atoms with E-state index in [0.29, 0.717) is 25.6 Å². The Morgan fingerprint density at radius 3 is 3.04 bits per heavy atom. The summed E-state index contributed by atoms with van der Waals surface area (Å²) in [5.41, 5.74) is 5.43. The molecule has 3 heterocycles. The van der Waals surface area contributed by atoms with Gasteiger partial charge in [0.1, 0.15) is 5.76 Å². The number of thiazole rings is 1. The van der Waals surface area contributed by atoms with E-state index < -0.39 is 0 Å². The van der Waals surface area contributed by atoms with Crippen LogP contribution in [0.25, 0.3) is 10.8 Å². The fourth-order valence-electron chi connectivity index (χ4n) is 3.19. The van der Waals surface area contributed by atoms with Gasteiger partial charge < -0.3 is 15.5 Å². The van der Waals surface area contributed by atoms with Gasteiger partial charge in [-0.3, -0.25) is 9.69 Å². The molecule has 0 aromatic carbocycles. The second-order valence-electron chi connectivity index (χ2n) is 6.50. The molecule has 1 aliphatic heterocycles. The number of rotatable bonds is 7. The summed E-state index contributed by atoms with van der Waals surface area (Å²) in [6, 6.07) is 4.31. The summed E-state index contributed by atoms with van der Waals surface area (Å²) in [6.45, 7) is 4.96. The lowest BCUT2D eigenvalue weighted by Gasteiger charge is -2.35. The maximum Gasteiger partial charge on any atom is 0.221 e. The number of nitrogens with zero attached hydrogens (tertiary/aromatic N) is 2. The topological polar surface area (TPSA) is 84.4 Å². The second-order valence-corrected chi connectivity index (χ2v) is 7.62. The van der Waals surface area contributed by atoms with Crippen LogP contribution in [0.2, 0.25) is 0 Å². The molecule has 3 N–H and O–H groups in total. The van der Waals surface area contributed by atoms with Crippen LogP contribution < -0.4 is 11.1 Å². The van der Waals surface area contributed by atoms with Crippen molar-refractivity contribution >= 4 is 29.7 Å². The molecule has 0 radical (unpaired) electrons. The first-order valence-corrected chi connectivity index (χ1v) is 9.69. The van der Waals surface area contributed by atoms with Crippen LogP contribution in [0.1, 0.15) is 36.3 Å². The van der Waals surface area contributed by atoms with Crippen molar-refractivity contribution < 1.29 is 9.21 Å². The number of nitrogens with one attached hydrogen (secondary N) is 1. The van der Waals surface area contributed by atoms with Crippen molar-refractivity contribution in [2.75, 3.05) is 19.6 Å². The average molecular weight is 399 g/mol. The van der Waals surface area contributed by atoms with E-state index in [-0.39, 0.29) is 18.3 Å². The lowest BCUT2D eigenvalue weighted by Crippen LogP contribution is -2.46. The van der Waals surface area contributed by atoms with Crippen molar-refractivity contribution in [2.24, 2.45) is 5.73 Å². The Balaban J connectivity index is 0.00000243. The molecule has 2 aromatic rings. The number of aromatic nitrogens is 1. The lowest BCUT2D eigenvalue weighted by atomic mass is 10.0. The molecule has 1 amide bonds. The molecule has 0 aliphatic carbocycles. The highest BCUT2D eigenvalue weighted by Gasteiger charge is 2.23. The number of likely N-dealkylation sites (tertiary alicyclic amines) is 1. The van der Waals surface area contributed by atoms with Gasteiger partial charge in [0, 0.05) is 43.2 Å². The molecule has 144 valence electrons. The second kappa shape index (κ2) is 10.1. The van der Waals surface area contributed by atoms with Gasteiger partial charge in [-0.05, 0) is 38.4 Å². The summed E-state index contributed by atoms with van der Waals surface area (Å²) in [4.78, 5) is 19.9. The summed E-state index contributed by atoms with van der Waals surface area (Å²) >= 11 is 1.68. The van der Waals surface area contributed by atoms with Crippen LogP contribution >= 0.6 is 23.7 Å². The Bertz CT molecular complexity index is 703. The van der Waals surface area contributed by atoms with Crippen LogP contribution in [0.15, 0.2) is 22.7 Å². The number of piperidine rings is 1. The molecule has 26 heavy (non-hydrogen) atoms. The minimum Gasteiger partial charge on any atom is -0.459 e. The number of nitrogens with two attached hydrogens (primary N) is 1. The van der Waals surface area contributed by atoms with Crippen molar-refractivity contribution in [1.29, 1.82) is 0 Å². The van der Waals surface area contributed by atoms with E-state index in [0.717, 1.165) is 36.0 Å². The number of hydrogen-bond donors (Lipinski definition) is 2. The molecule has 1 unspecified atom stereocenters. The number of amides is 1. The third kappa shape index (κ3) is 5.54. The first-order valence-electron chi connectivity index (χ1n) is 8.88. The summed E-state index contributed by atoms with van der Waals surface area (Å²) in [6.07, 6.45) is 5.87. The van der Waals surface area contributed by atoms with Gasteiger partial charge in [-0.2, -0.15) is 0 Å². The molecular formula is C18H27ClN4O2S. The van der Waals surface area contributed by atoms with Crippen LogP contribution in [-0.4, -0.2) is 41.5 Å². The van der Waals surface area contributed by atoms with Crippen LogP contribution in [0.3, 0.4) is 0 Å². The van der Waals surface area contributed by atoms with Gasteiger partial charge in [0.05, 0.1) is 0 Å². The molecule has 1 fully saturated rings. The van der Waals surface area contributed by atoms with Gasteiger partial charge in [-0.15, -0.1) is 23.7 Å². The minimum atomic E-state index is 0. The molecule has 0 saturated carbocycles. The molecule has 1 atom stereocenters. The van der Waals surface area contributed by atoms with Crippen molar-refractivity contribution in [3.63, 3.8) is 0 Å². The highest BCUT2D eigenvalue weighted by Crippen LogP contribution is 2.29. The van der Waals surface area contributed by atoms with Crippen LogP contribution in [-0.2, 0) is 11.3 Å². The predicted octanol–water partition coefficient (Wildman–Crippen LogP) is 2.95. The van der Waals surface area contributed by atoms with E-state index in [1.165, 1.54) is 17.7 Å². The smallest absolute Gasteiger partial charge is 0.221 e. The van der Waals surface area contributed by atoms with Gasteiger partial charge >= 0.3 is 0 Å². The fraction of sp³-hybridized carbons (Fsp3) is 0.556. The normalized spacial score (nSPS) is 17.7. The first-order chi connectivity index (χ1) is 12.2. The maximum absolute atomic E-state index is 11.7. The standard InChI is InChI=1S/C18H26N4O2S.ClH/c1-13-5-6-16(24-13)18-21-11-15(25-18)12-22-9-3-2-4-14(22)10-20-17(23)7-8-19;/h5-6,11,14H,2-4,7-10,12,19H2,1H3,(H,20,23);1H. The van der Waals surface area contributed by atoms with Crippen LogP contribution in [0, 0.1) is 6.92 Å². The summed E-state index contributed by atoms with van der Waals surface area (Å²) < 4.78 is 5.66. The highest BCUT2D eigenvalue weighted by molar-refractivity contribution is 7.14. The zero-order chi connectivity index (χ0) is 17.6. The van der Waals surface area contributed by atoms with Crippen molar-refractivity contribution in [3.05, 3.63) is 29.0 Å². The summed E-state index contributed by atoms with van der Waals surface area (Å²) in [5, 5.41) is 3.94. The van der Waals surface area contributed by atoms with E-state index in [1.54, 1.807) is 11.3 Å². The highest BCUT2D eigenvalue weighted by atomic mass is 35.5. The molecule has 1 saturated heterocycles. The Morgan fingerprint density at radius 1 is 1.46 bits per heavy atom. The molecule has 0 spiro atoms. The van der Waals surface area contributed by atoms with E-state index in [9.17, 15) is 4.79 Å². The molecule has 3 rings (SSSR count). The third-order valence-corrected chi connectivity index (χ3v) is 5.52. The minimum absolute atomic E-state index is 0. The van der Waals surface area contributed by atoms with E-state index >= 15 is 0 Å². The average Bonchev–Trinajstić information content (AvgIpc) is 3.23. The summed E-state index contributed by atoms with van der Waals surface area (Å²) in [7, 11) is 0. The van der Waals surface area contributed by atoms with Crippen molar-refractivity contribution in [3.8, 4) is 10.8 Å². The molecule has 8 heteroatoms. The monoisotopic (exact) mass is 398 g/mol. The van der Waals surface area contributed by atoms with Gasteiger partial charge in [0.15, 0.2) is 10.8 Å². The fourth-order valence-corrected chi connectivity index (χ4v) is 4.09. The largest absolute Gasteiger partial charge is 0.459 e. The van der Waals surface area contributed by atoms with E-state index in [1.807, 2.05) is 25.3 Å². The SMILES string of the molecule is Cc1ccc(-c2ncc(CN3CCCCC3CNC(=O)CCN)s2)o1.Cl. The zero-order valence-electron chi connectivity index (χ0n) is 15.1. The van der Waals surface area contributed by atoms with Crippen molar-refractivity contribution in [2.45, 2.75) is 45.2 Å². The number of halogens is 1. The van der Waals surface area contributed by atoms with E-state index in [4.69, 9.17) is 10.2 Å².